The van der Waals surface area contributed by atoms with Crippen LogP contribution in [0.2, 0.25) is 0 Å². The fraction of sp³-hybridized carbons (Fsp3) is 0.750. The standard InChI is InChI=1S/C4H7F2NO/c1-2-3(7-8)4(5)6/h4,8H,2H2,1H3/b7-3+. The van der Waals surface area contributed by atoms with E-state index in [2.05, 4.69) is 5.16 Å². The van der Waals surface area contributed by atoms with Crippen LogP contribution in [0.3, 0.4) is 0 Å². The molecule has 0 saturated heterocycles. The first-order chi connectivity index (χ1) is 3.72. The van der Waals surface area contributed by atoms with E-state index < -0.39 is 12.1 Å². The molecule has 0 aliphatic heterocycles. The molecule has 0 aliphatic rings. The van der Waals surface area contributed by atoms with Crippen molar-refractivity contribution in [1.82, 2.24) is 0 Å². The summed E-state index contributed by atoms with van der Waals surface area (Å²) in [7, 11) is 0. The molecule has 0 bridgehead atoms. The highest BCUT2D eigenvalue weighted by Crippen LogP contribution is 1.98. The molecule has 0 aromatic heterocycles. The normalized spacial score (nSPS) is 12.8. The van der Waals surface area contributed by atoms with E-state index >= 15 is 0 Å². The van der Waals surface area contributed by atoms with Gasteiger partial charge in [0.2, 0.25) is 0 Å². The average Bonchev–Trinajstić information content (AvgIpc) is 1.69. The third-order valence-corrected chi connectivity index (χ3v) is 0.743. The highest BCUT2D eigenvalue weighted by atomic mass is 19.3. The fourth-order valence-electron chi connectivity index (χ4n) is 0.269. The minimum absolute atomic E-state index is 0.0914. The lowest BCUT2D eigenvalue weighted by Crippen LogP contribution is -2.07. The fourth-order valence-corrected chi connectivity index (χ4v) is 0.269. The summed E-state index contributed by atoms with van der Waals surface area (Å²) in [6.45, 7) is 1.50. The number of halogens is 2. The summed E-state index contributed by atoms with van der Waals surface area (Å²) in [6, 6.07) is 0. The molecular formula is C4H7F2NO. The van der Waals surface area contributed by atoms with Crippen molar-refractivity contribution in [3.8, 4) is 0 Å². The minimum Gasteiger partial charge on any atom is -0.411 e. The zero-order valence-electron chi connectivity index (χ0n) is 4.43. The molecule has 0 aliphatic carbocycles. The van der Waals surface area contributed by atoms with Crippen LogP contribution in [0.4, 0.5) is 8.78 Å². The number of rotatable bonds is 2. The molecule has 0 heterocycles. The van der Waals surface area contributed by atoms with Gasteiger partial charge in [-0.3, -0.25) is 0 Å². The van der Waals surface area contributed by atoms with Crippen molar-refractivity contribution in [1.29, 1.82) is 0 Å². The quantitative estimate of drug-likeness (QED) is 0.337. The SMILES string of the molecule is CC/C(=N\O)C(F)F. The van der Waals surface area contributed by atoms with Crippen LogP contribution < -0.4 is 0 Å². The summed E-state index contributed by atoms with van der Waals surface area (Å²) < 4.78 is 22.8. The molecule has 0 spiro atoms. The first-order valence-corrected chi connectivity index (χ1v) is 2.21. The van der Waals surface area contributed by atoms with Gasteiger partial charge in [-0.05, 0) is 6.42 Å². The molecule has 0 radical (unpaired) electrons. The Balaban J connectivity index is 3.72. The lowest BCUT2D eigenvalue weighted by molar-refractivity contribution is 0.211. The zero-order chi connectivity index (χ0) is 6.57. The topological polar surface area (TPSA) is 32.6 Å². The Bertz CT molecular complexity index is 92.0. The predicted molar refractivity (Wildman–Crippen MR) is 25.5 cm³/mol. The maximum atomic E-state index is 11.4. The molecule has 0 fully saturated rings. The Kier molecular flexibility index (Phi) is 3.07. The summed E-state index contributed by atoms with van der Waals surface area (Å²) >= 11 is 0. The van der Waals surface area contributed by atoms with E-state index in [9.17, 15) is 8.78 Å². The van der Waals surface area contributed by atoms with Gasteiger partial charge in [0, 0.05) is 0 Å². The van der Waals surface area contributed by atoms with Crippen LogP contribution in [0, 0.1) is 0 Å². The molecule has 48 valence electrons. The first kappa shape index (κ1) is 7.33. The Labute approximate surface area is 45.8 Å². The number of nitrogens with zero attached hydrogens (tertiary/aromatic N) is 1. The van der Waals surface area contributed by atoms with Gasteiger partial charge in [-0.1, -0.05) is 12.1 Å². The summed E-state index contributed by atoms with van der Waals surface area (Å²) in [5.41, 5.74) is -0.468. The summed E-state index contributed by atoms with van der Waals surface area (Å²) in [4.78, 5) is 0. The van der Waals surface area contributed by atoms with E-state index in [1.807, 2.05) is 0 Å². The highest BCUT2D eigenvalue weighted by Gasteiger charge is 2.09. The second kappa shape index (κ2) is 3.35. The Hall–Kier alpha value is -0.670. The Morgan fingerprint density at radius 1 is 1.75 bits per heavy atom. The van der Waals surface area contributed by atoms with Crippen LogP contribution in [-0.2, 0) is 0 Å². The highest BCUT2D eigenvalue weighted by molar-refractivity contribution is 5.86. The Morgan fingerprint density at radius 2 is 2.25 bits per heavy atom. The van der Waals surface area contributed by atoms with Gasteiger partial charge < -0.3 is 5.21 Å². The minimum atomic E-state index is -2.62. The zero-order valence-corrected chi connectivity index (χ0v) is 4.43. The second-order valence-electron chi connectivity index (χ2n) is 1.25. The Morgan fingerprint density at radius 3 is 2.25 bits per heavy atom. The maximum absolute atomic E-state index is 11.4. The largest absolute Gasteiger partial charge is 0.411 e. The van der Waals surface area contributed by atoms with Gasteiger partial charge >= 0.3 is 0 Å². The van der Waals surface area contributed by atoms with Crippen LogP contribution in [0.15, 0.2) is 5.16 Å². The molecule has 0 saturated carbocycles. The second-order valence-corrected chi connectivity index (χ2v) is 1.25. The van der Waals surface area contributed by atoms with Gasteiger partial charge in [0.1, 0.15) is 5.71 Å². The monoisotopic (exact) mass is 123 g/mol. The first-order valence-electron chi connectivity index (χ1n) is 2.21. The molecule has 0 aromatic carbocycles. The van der Waals surface area contributed by atoms with Gasteiger partial charge in [0.25, 0.3) is 6.43 Å². The van der Waals surface area contributed by atoms with Gasteiger partial charge in [-0.2, -0.15) is 0 Å². The lowest BCUT2D eigenvalue weighted by atomic mass is 10.3. The van der Waals surface area contributed by atoms with E-state index in [-0.39, 0.29) is 6.42 Å². The van der Waals surface area contributed by atoms with Gasteiger partial charge in [-0.15, -0.1) is 0 Å². The van der Waals surface area contributed by atoms with Crippen LogP contribution in [-0.4, -0.2) is 17.3 Å². The molecule has 8 heavy (non-hydrogen) atoms. The molecule has 1 N–H and O–H groups in total. The van der Waals surface area contributed by atoms with Crippen molar-refractivity contribution in [2.24, 2.45) is 5.16 Å². The average molecular weight is 123 g/mol. The molecule has 2 nitrogen and oxygen atoms in total. The molecule has 4 heteroatoms. The van der Waals surface area contributed by atoms with E-state index in [1.54, 1.807) is 0 Å². The summed E-state index contributed by atoms with van der Waals surface area (Å²) in [6.07, 6.45) is -2.53. The maximum Gasteiger partial charge on any atom is 0.279 e. The summed E-state index contributed by atoms with van der Waals surface area (Å²) in [5, 5.41) is 10.2. The smallest absolute Gasteiger partial charge is 0.279 e. The third-order valence-electron chi connectivity index (χ3n) is 0.743. The van der Waals surface area contributed by atoms with Crippen molar-refractivity contribution in [3.05, 3.63) is 0 Å². The number of oxime groups is 1. The van der Waals surface area contributed by atoms with Crippen molar-refractivity contribution in [2.75, 3.05) is 0 Å². The third kappa shape index (κ3) is 1.86. The molecule has 0 unspecified atom stereocenters. The molecule has 0 amide bonds. The van der Waals surface area contributed by atoms with Crippen LogP contribution in [0.5, 0.6) is 0 Å². The van der Waals surface area contributed by atoms with Gasteiger partial charge in [0.05, 0.1) is 0 Å². The molecular weight excluding hydrogens is 116 g/mol. The van der Waals surface area contributed by atoms with Crippen LogP contribution in [0.1, 0.15) is 13.3 Å². The van der Waals surface area contributed by atoms with Crippen LogP contribution in [0.25, 0.3) is 0 Å². The van der Waals surface area contributed by atoms with Crippen LogP contribution >= 0.6 is 0 Å². The van der Waals surface area contributed by atoms with Crippen molar-refractivity contribution in [3.63, 3.8) is 0 Å². The summed E-state index contributed by atoms with van der Waals surface area (Å²) in [5.74, 6) is 0. The van der Waals surface area contributed by atoms with E-state index in [4.69, 9.17) is 5.21 Å². The van der Waals surface area contributed by atoms with Crippen molar-refractivity contribution >= 4 is 5.71 Å². The number of alkyl halides is 2. The van der Waals surface area contributed by atoms with Gasteiger partial charge in [-0.25, -0.2) is 8.78 Å². The van der Waals surface area contributed by atoms with E-state index in [1.165, 1.54) is 6.92 Å². The van der Waals surface area contributed by atoms with E-state index in [0.29, 0.717) is 0 Å². The van der Waals surface area contributed by atoms with Gasteiger partial charge in [0.15, 0.2) is 0 Å². The van der Waals surface area contributed by atoms with Crippen molar-refractivity contribution in [2.45, 2.75) is 19.8 Å². The molecule has 0 rings (SSSR count). The predicted octanol–water partition coefficient (Wildman–Crippen LogP) is 1.49. The number of hydrogen-bond donors (Lipinski definition) is 1. The van der Waals surface area contributed by atoms with Crippen molar-refractivity contribution < 1.29 is 14.0 Å². The number of hydrogen-bond acceptors (Lipinski definition) is 2. The van der Waals surface area contributed by atoms with E-state index in [0.717, 1.165) is 0 Å². The molecule has 0 aromatic rings. The molecule has 0 atom stereocenters. The lowest BCUT2D eigenvalue weighted by Gasteiger charge is -1.94.